The third-order valence-electron chi connectivity index (χ3n) is 4.56. The molecular weight excluding hydrogens is 360 g/mol. The first kappa shape index (κ1) is 20.9. The number of nitriles is 1. The Morgan fingerprint density at radius 2 is 1.81 bits per heavy atom. The van der Waals surface area contributed by atoms with Gasteiger partial charge in [0.1, 0.15) is 11.6 Å². The summed E-state index contributed by atoms with van der Waals surface area (Å²) in [5.41, 5.74) is 1.02. The molecule has 144 valence electrons. The van der Waals surface area contributed by atoms with Gasteiger partial charge < -0.3 is 4.74 Å². The van der Waals surface area contributed by atoms with E-state index in [1.807, 2.05) is 18.2 Å². The topological polar surface area (TPSA) is 79.2 Å². The number of rotatable bonds is 10. The zero-order valence-corrected chi connectivity index (χ0v) is 16.8. The van der Waals surface area contributed by atoms with Crippen LogP contribution in [0.4, 0.5) is 0 Å². The van der Waals surface area contributed by atoms with Crippen LogP contribution in [0.2, 0.25) is 0 Å². The van der Waals surface area contributed by atoms with Gasteiger partial charge in [-0.25, -0.2) is 0 Å². The highest BCUT2D eigenvalue weighted by molar-refractivity contribution is 7.14. The molecule has 2 heterocycles. The monoisotopic (exact) mass is 386 g/mol. The van der Waals surface area contributed by atoms with E-state index in [9.17, 15) is 14.9 Å². The largest absolute Gasteiger partial charge is 0.487 e. The van der Waals surface area contributed by atoms with E-state index >= 15 is 0 Å². The quantitative estimate of drug-likeness (QED) is 0.357. The standard InChI is InChI=1S/C21H26N2O3S/c1-3-4-5-6-7-8-9-10-16-17(13-15-11-12-19(26-2)27-15)20(24)23-21(25)18(16)14-22/h11-13H,3-10H2,1-2H3,(H,23,24,25)/b17-13-. The van der Waals surface area contributed by atoms with Crippen LogP contribution in [0.15, 0.2) is 28.9 Å². The number of imide groups is 1. The number of thiophene rings is 1. The molecule has 1 aliphatic heterocycles. The number of hydrogen-bond donors (Lipinski definition) is 1. The van der Waals surface area contributed by atoms with Crippen LogP contribution in [0.5, 0.6) is 5.06 Å². The van der Waals surface area contributed by atoms with Gasteiger partial charge in [0, 0.05) is 10.5 Å². The number of carbonyl (C=O) groups is 2. The van der Waals surface area contributed by atoms with Gasteiger partial charge in [-0.1, -0.05) is 56.8 Å². The molecule has 0 fully saturated rings. The van der Waals surface area contributed by atoms with Gasteiger partial charge in [0.25, 0.3) is 11.8 Å². The van der Waals surface area contributed by atoms with Crippen molar-refractivity contribution in [2.75, 3.05) is 7.11 Å². The fraction of sp³-hybridized carbons (Fsp3) is 0.476. The predicted octanol–water partition coefficient (Wildman–Crippen LogP) is 4.76. The zero-order valence-electron chi connectivity index (χ0n) is 16.0. The third kappa shape index (κ3) is 5.80. The van der Waals surface area contributed by atoms with Crippen molar-refractivity contribution in [2.24, 2.45) is 0 Å². The second kappa shape index (κ2) is 10.7. The summed E-state index contributed by atoms with van der Waals surface area (Å²) in [6, 6.07) is 5.66. The van der Waals surface area contributed by atoms with Crippen LogP contribution in [0.1, 0.15) is 63.2 Å². The molecule has 6 heteroatoms. The Balaban J connectivity index is 2.14. The second-order valence-corrected chi connectivity index (χ2v) is 7.62. The number of unbranched alkanes of at least 4 members (excludes halogenated alkanes) is 6. The maximum atomic E-state index is 12.4. The fourth-order valence-corrected chi connectivity index (χ4v) is 3.86. The van der Waals surface area contributed by atoms with Crippen molar-refractivity contribution in [3.63, 3.8) is 0 Å². The molecule has 0 spiro atoms. The lowest BCUT2D eigenvalue weighted by atomic mass is 9.90. The lowest BCUT2D eigenvalue weighted by Crippen LogP contribution is -2.38. The molecule has 27 heavy (non-hydrogen) atoms. The maximum absolute atomic E-state index is 12.4. The molecule has 0 aliphatic carbocycles. The molecular formula is C21H26N2O3S. The number of carbonyl (C=O) groups excluding carboxylic acids is 2. The zero-order chi connectivity index (χ0) is 19.6. The Morgan fingerprint density at radius 1 is 1.11 bits per heavy atom. The summed E-state index contributed by atoms with van der Waals surface area (Å²) in [4.78, 5) is 25.3. The lowest BCUT2D eigenvalue weighted by molar-refractivity contribution is -0.126. The minimum Gasteiger partial charge on any atom is -0.487 e. The summed E-state index contributed by atoms with van der Waals surface area (Å²) in [6.07, 6.45) is 10.3. The normalized spacial score (nSPS) is 15.8. The molecule has 0 atom stereocenters. The second-order valence-electron chi connectivity index (χ2n) is 6.54. The first-order valence-corrected chi connectivity index (χ1v) is 10.3. The SMILES string of the molecule is CCCCCCCCCC1=C(C#N)C(=O)NC(=O)/C1=C\c1ccc(OC)s1. The Bertz CT molecular complexity index is 784. The molecule has 1 aliphatic rings. The molecule has 0 aromatic carbocycles. The Hall–Kier alpha value is -2.39. The Morgan fingerprint density at radius 3 is 2.44 bits per heavy atom. The van der Waals surface area contributed by atoms with Gasteiger partial charge in [-0.2, -0.15) is 5.26 Å². The molecule has 1 aromatic heterocycles. The van der Waals surface area contributed by atoms with Crippen LogP contribution in [0.25, 0.3) is 6.08 Å². The van der Waals surface area contributed by atoms with Crippen molar-refractivity contribution >= 4 is 29.2 Å². The molecule has 2 rings (SSSR count). The van der Waals surface area contributed by atoms with Crippen molar-refractivity contribution in [1.29, 1.82) is 5.26 Å². The highest BCUT2D eigenvalue weighted by Gasteiger charge is 2.29. The molecule has 1 N–H and O–H groups in total. The maximum Gasteiger partial charge on any atom is 0.269 e. The molecule has 2 amide bonds. The Kier molecular flexibility index (Phi) is 8.28. The minimum absolute atomic E-state index is 0.0513. The Labute approximate surface area is 164 Å². The van der Waals surface area contributed by atoms with E-state index in [0.29, 0.717) is 17.6 Å². The van der Waals surface area contributed by atoms with E-state index in [1.54, 1.807) is 13.2 Å². The third-order valence-corrected chi connectivity index (χ3v) is 5.55. The van der Waals surface area contributed by atoms with Crippen molar-refractivity contribution in [1.82, 2.24) is 5.32 Å². The summed E-state index contributed by atoms with van der Waals surface area (Å²) in [5, 5.41) is 12.4. The van der Waals surface area contributed by atoms with Crippen molar-refractivity contribution in [3.8, 4) is 11.1 Å². The van der Waals surface area contributed by atoms with Gasteiger partial charge in [-0.05, 0) is 36.6 Å². The van der Waals surface area contributed by atoms with Gasteiger partial charge in [0.05, 0.1) is 7.11 Å². The fourth-order valence-electron chi connectivity index (χ4n) is 3.10. The van der Waals surface area contributed by atoms with E-state index < -0.39 is 11.8 Å². The summed E-state index contributed by atoms with van der Waals surface area (Å²) in [7, 11) is 1.59. The number of hydrogen-bond acceptors (Lipinski definition) is 5. The first-order chi connectivity index (χ1) is 13.1. The van der Waals surface area contributed by atoms with Crippen LogP contribution in [0, 0.1) is 11.3 Å². The number of ether oxygens (including phenoxy) is 1. The predicted molar refractivity (Wildman–Crippen MR) is 107 cm³/mol. The van der Waals surface area contributed by atoms with Crippen LogP contribution in [-0.4, -0.2) is 18.9 Å². The van der Waals surface area contributed by atoms with E-state index in [4.69, 9.17) is 4.74 Å². The van der Waals surface area contributed by atoms with E-state index in [0.717, 1.165) is 29.2 Å². The molecule has 0 unspecified atom stereocenters. The van der Waals surface area contributed by atoms with Gasteiger partial charge in [-0.3, -0.25) is 14.9 Å². The van der Waals surface area contributed by atoms with Crippen LogP contribution < -0.4 is 10.1 Å². The summed E-state index contributed by atoms with van der Waals surface area (Å²) < 4.78 is 5.19. The molecule has 0 radical (unpaired) electrons. The lowest BCUT2D eigenvalue weighted by Gasteiger charge is -2.19. The summed E-state index contributed by atoms with van der Waals surface area (Å²) >= 11 is 1.41. The number of nitrogens with zero attached hydrogens (tertiary/aromatic N) is 1. The van der Waals surface area contributed by atoms with Crippen molar-refractivity contribution in [3.05, 3.63) is 33.7 Å². The molecule has 0 saturated carbocycles. The van der Waals surface area contributed by atoms with Gasteiger partial charge in [0.2, 0.25) is 0 Å². The molecule has 0 saturated heterocycles. The number of amides is 2. The highest BCUT2D eigenvalue weighted by Crippen LogP contribution is 2.31. The van der Waals surface area contributed by atoms with Gasteiger partial charge >= 0.3 is 0 Å². The number of methoxy groups -OCH3 is 1. The first-order valence-electron chi connectivity index (χ1n) is 9.45. The smallest absolute Gasteiger partial charge is 0.269 e. The van der Waals surface area contributed by atoms with E-state index in [-0.39, 0.29) is 5.57 Å². The molecule has 1 aromatic rings. The summed E-state index contributed by atoms with van der Waals surface area (Å²) in [6.45, 7) is 2.19. The average molecular weight is 387 g/mol. The van der Waals surface area contributed by atoms with Gasteiger partial charge in [0.15, 0.2) is 5.06 Å². The molecule has 0 bridgehead atoms. The molecule has 5 nitrogen and oxygen atoms in total. The van der Waals surface area contributed by atoms with E-state index in [1.165, 1.54) is 37.0 Å². The minimum atomic E-state index is -0.596. The van der Waals surface area contributed by atoms with Crippen molar-refractivity contribution in [2.45, 2.75) is 58.3 Å². The van der Waals surface area contributed by atoms with Crippen LogP contribution in [-0.2, 0) is 9.59 Å². The highest BCUT2D eigenvalue weighted by atomic mass is 32.1. The van der Waals surface area contributed by atoms with Crippen LogP contribution in [0.3, 0.4) is 0 Å². The average Bonchev–Trinajstić information content (AvgIpc) is 3.11. The van der Waals surface area contributed by atoms with E-state index in [2.05, 4.69) is 12.2 Å². The summed E-state index contributed by atoms with van der Waals surface area (Å²) in [5.74, 6) is -1.04. The van der Waals surface area contributed by atoms with Crippen molar-refractivity contribution < 1.29 is 14.3 Å². The number of nitrogens with one attached hydrogen (secondary N) is 1. The van der Waals surface area contributed by atoms with Crippen LogP contribution >= 0.6 is 11.3 Å². The van der Waals surface area contributed by atoms with Gasteiger partial charge in [-0.15, -0.1) is 0 Å².